The van der Waals surface area contributed by atoms with E-state index in [4.69, 9.17) is 14.2 Å². The lowest BCUT2D eigenvalue weighted by molar-refractivity contribution is -0.153. The van der Waals surface area contributed by atoms with E-state index in [0.717, 1.165) is 25.1 Å². The number of aromatic amines is 1. The zero-order valence-corrected chi connectivity index (χ0v) is 18.1. The molecule has 0 saturated carbocycles. The normalized spacial score (nSPS) is 21.5. The lowest BCUT2D eigenvalue weighted by Crippen LogP contribution is -2.38. The predicted molar refractivity (Wildman–Crippen MR) is 115 cm³/mol. The molecule has 2 bridgehead atoms. The first kappa shape index (κ1) is 21.8. The third kappa shape index (κ3) is 4.42. The minimum absolute atomic E-state index is 0.0928. The van der Waals surface area contributed by atoms with Gasteiger partial charge in [-0.25, -0.2) is 0 Å². The first-order valence-corrected chi connectivity index (χ1v) is 10.7. The maximum atomic E-state index is 12.7. The van der Waals surface area contributed by atoms with Crippen molar-refractivity contribution < 1.29 is 27.4 Å². The Balaban J connectivity index is 1.38. The van der Waals surface area contributed by atoms with E-state index in [1.165, 1.54) is 0 Å². The Kier molecular flexibility index (Phi) is 5.53. The van der Waals surface area contributed by atoms with E-state index in [9.17, 15) is 13.2 Å². The van der Waals surface area contributed by atoms with E-state index in [-0.39, 0.29) is 17.9 Å². The van der Waals surface area contributed by atoms with Crippen LogP contribution >= 0.6 is 0 Å². The molecular formula is C22H24F3N5O3. The fraction of sp³-hybridized carbons (Fsp3) is 0.455. The number of fused-ring (bicyclic) bond motifs is 3. The van der Waals surface area contributed by atoms with Gasteiger partial charge in [0.2, 0.25) is 11.8 Å². The SMILES string of the molecule is COc1cc([C@H](C)N2C[C@@H]3C[C@H]2CO3)ccc1Nc1nc(OCC(F)(F)F)c2cc[nH]c2n1. The lowest BCUT2D eigenvalue weighted by Gasteiger charge is -2.33. The Hall–Kier alpha value is -3.05. The van der Waals surface area contributed by atoms with Crippen LogP contribution in [0.25, 0.3) is 11.0 Å². The van der Waals surface area contributed by atoms with E-state index in [1.807, 2.05) is 18.2 Å². The van der Waals surface area contributed by atoms with Crippen LogP contribution in [0.1, 0.15) is 24.9 Å². The molecule has 2 N–H and O–H groups in total. The highest BCUT2D eigenvalue weighted by Crippen LogP contribution is 2.38. The van der Waals surface area contributed by atoms with Gasteiger partial charge in [0.1, 0.15) is 11.4 Å². The zero-order valence-electron chi connectivity index (χ0n) is 18.1. The number of hydrogen-bond acceptors (Lipinski definition) is 7. The van der Waals surface area contributed by atoms with Crippen LogP contribution in [0.15, 0.2) is 30.5 Å². The second kappa shape index (κ2) is 8.38. The van der Waals surface area contributed by atoms with Crippen LogP contribution in [0.2, 0.25) is 0 Å². The number of likely N-dealkylation sites (tertiary alicyclic amines) is 1. The highest BCUT2D eigenvalue weighted by Gasteiger charge is 2.41. The predicted octanol–water partition coefficient (Wildman–Crippen LogP) is 4.19. The summed E-state index contributed by atoms with van der Waals surface area (Å²) < 4.78 is 54.2. The number of H-pyrrole nitrogens is 1. The van der Waals surface area contributed by atoms with Gasteiger partial charge in [-0.05, 0) is 37.1 Å². The third-order valence-corrected chi connectivity index (χ3v) is 6.15. The Morgan fingerprint density at radius 2 is 2.15 bits per heavy atom. The minimum atomic E-state index is -4.47. The maximum absolute atomic E-state index is 12.7. The number of nitrogens with zero attached hydrogens (tertiary/aromatic N) is 3. The number of halogens is 3. The van der Waals surface area contributed by atoms with Crippen molar-refractivity contribution in [2.45, 2.75) is 37.7 Å². The fourth-order valence-electron chi connectivity index (χ4n) is 4.52. The Labute approximate surface area is 188 Å². The van der Waals surface area contributed by atoms with Crippen LogP contribution in [0.5, 0.6) is 11.6 Å². The quantitative estimate of drug-likeness (QED) is 0.544. The molecule has 2 aromatic heterocycles. The number of hydrogen-bond donors (Lipinski definition) is 2. The molecule has 0 radical (unpaired) electrons. The summed E-state index contributed by atoms with van der Waals surface area (Å²) >= 11 is 0. The number of methoxy groups -OCH3 is 1. The molecule has 3 aromatic rings. The number of anilines is 2. The topological polar surface area (TPSA) is 84.5 Å². The Morgan fingerprint density at radius 1 is 1.30 bits per heavy atom. The molecule has 33 heavy (non-hydrogen) atoms. The molecule has 2 fully saturated rings. The van der Waals surface area contributed by atoms with Gasteiger partial charge in [-0.15, -0.1) is 0 Å². The van der Waals surface area contributed by atoms with Crippen LogP contribution in [0, 0.1) is 0 Å². The molecule has 2 aliphatic heterocycles. The van der Waals surface area contributed by atoms with E-state index in [1.54, 1.807) is 19.4 Å². The smallest absolute Gasteiger partial charge is 0.422 e. The standard InChI is InChI=1S/C22H24F3N5O3/c1-12(30-9-15-8-14(30)10-32-15)13-3-4-17(18(7-13)31-2)27-21-28-19-16(5-6-26-19)20(29-21)33-11-22(23,24)25/h3-7,12,14-15H,8-11H2,1-2H3,(H2,26,27,28,29)/t12-,14-,15-/m0/s1. The van der Waals surface area contributed by atoms with Crippen LogP contribution in [-0.4, -0.2) is 65.0 Å². The van der Waals surface area contributed by atoms with Crippen molar-refractivity contribution in [3.63, 3.8) is 0 Å². The largest absolute Gasteiger partial charge is 0.495 e. The van der Waals surface area contributed by atoms with Gasteiger partial charge in [0.15, 0.2) is 6.61 Å². The number of benzene rings is 1. The molecule has 8 nitrogen and oxygen atoms in total. The average Bonchev–Trinajstić information content (AvgIpc) is 3.53. The average molecular weight is 463 g/mol. The summed E-state index contributed by atoms with van der Waals surface area (Å²) in [6.45, 7) is 2.40. The molecule has 11 heteroatoms. The summed E-state index contributed by atoms with van der Waals surface area (Å²) in [4.78, 5) is 13.8. The summed E-state index contributed by atoms with van der Waals surface area (Å²) in [6, 6.07) is 8.00. The van der Waals surface area contributed by atoms with Gasteiger partial charge in [-0.1, -0.05) is 6.07 Å². The van der Waals surface area contributed by atoms with Crippen molar-refractivity contribution in [1.29, 1.82) is 0 Å². The molecular weight excluding hydrogens is 439 g/mol. The zero-order chi connectivity index (χ0) is 23.2. The Bertz CT molecular complexity index is 1150. The van der Waals surface area contributed by atoms with Crippen LogP contribution < -0.4 is 14.8 Å². The van der Waals surface area contributed by atoms with E-state index >= 15 is 0 Å². The summed E-state index contributed by atoms with van der Waals surface area (Å²) in [7, 11) is 1.56. The molecule has 2 aliphatic rings. The molecule has 176 valence electrons. The number of ether oxygens (including phenoxy) is 3. The van der Waals surface area contributed by atoms with Crippen molar-refractivity contribution in [3.8, 4) is 11.6 Å². The van der Waals surface area contributed by atoms with E-state index in [2.05, 4.69) is 32.1 Å². The second-order valence-corrected chi connectivity index (χ2v) is 8.30. The van der Waals surface area contributed by atoms with Gasteiger partial charge in [-0.2, -0.15) is 23.1 Å². The first-order valence-electron chi connectivity index (χ1n) is 10.7. The molecule has 3 atom stereocenters. The molecule has 1 aromatic carbocycles. The van der Waals surface area contributed by atoms with Gasteiger partial charge in [-0.3, -0.25) is 4.90 Å². The van der Waals surface area contributed by atoms with Crippen LogP contribution in [0.3, 0.4) is 0 Å². The van der Waals surface area contributed by atoms with E-state index < -0.39 is 12.8 Å². The molecule has 2 saturated heterocycles. The number of nitrogens with one attached hydrogen (secondary N) is 2. The molecule has 0 spiro atoms. The highest BCUT2D eigenvalue weighted by atomic mass is 19.4. The molecule has 4 heterocycles. The van der Waals surface area contributed by atoms with Crippen molar-refractivity contribution >= 4 is 22.7 Å². The van der Waals surface area contributed by atoms with Gasteiger partial charge >= 0.3 is 6.18 Å². The van der Waals surface area contributed by atoms with E-state index in [0.29, 0.717) is 34.6 Å². The third-order valence-electron chi connectivity index (χ3n) is 6.15. The fourth-order valence-corrected chi connectivity index (χ4v) is 4.52. The molecule has 0 aliphatic carbocycles. The lowest BCUT2D eigenvalue weighted by atomic mass is 10.0. The van der Waals surface area contributed by atoms with Crippen molar-refractivity contribution in [2.24, 2.45) is 0 Å². The minimum Gasteiger partial charge on any atom is -0.495 e. The van der Waals surface area contributed by atoms with Gasteiger partial charge < -0.3 is 24.5 Å². The summed E-state index contributed by atoms with van der Waals surface area (Å²) in [5.41, 5.74) is 2.05. The summed E-state index contributed by atoms with van der Waals surface area (Å²) in [6.07, 6.45) is -1.53. The highest BCUT2D eigenvalue weighted by molar-refractivity contribution is 5.82. The molecule has 0 amide bonds. The molecule has 5 rings (SSSR count). The van der Waals surface area contributed by atoms with Gasteiger partial charge in [0.25, 0.3) is 0 Å². The van der Waals surface area contributed by atoms with Crippen LogP contribution in [-0.2, 0) is 4.74 Å². The number of rotatable bonds is 7. The van der Waals surface area contributed by atoms with Crippen molar-refractivity contribution in [1.82, 2.24) is 19.9 Å². The Morgan fingerprint density at radius 3 is 2.85 bits per heavy atom. The monoisotopic (exact) mass is 463 g/mol. The van der Waals surface area contributed by atoms with Gasteiger partial charge in [0.05, 0.1) is 30.9 Å². The summed E-state index contributed by atoms with van der Waals surface area (Å²) in [5, 5.41) is 3.41. The number of aromatic nitrogens is 3. The summed E-state index contributed by atoms with van der Waals surface area (Å²) in [5.74, 6) is 0.514. The number of alkyl halides is 3. The first-order chi connectivity index (χ1) is 15.8. The molecule has 0 unspecified atom stereocenters. The van der Waals surface area contributed by atoms with Crippen molar-refractivity contribution in [3.05, 3.63) is 36.0 Å². The van der Waals surface area contributed by atoms with Crippen molar-refractivity contribution in [2.75, 3.05) is 32.2 Å². The number of morpholine rings is 1. The maximum Gasteiger partial charge on any atom is 0.422 e. The van der Waals surface area contributed by atoms with Crippen LogP contribution in [0.4, 0.5) is 24.8 Å². The van der Waals surface area contributed by atoms with Gasteiger partial charge in [0, 0.05) is 24.8 Å². The second-order valence-electron chi connectivity index (χ2n) is 8.30.